The number of hydrogen-bond donors (Lipinski definition) is 1. The minimum atomic E-state index is -4.05. The van der Waals surface area contributed by atoms with Crippen molar-refractivity contribution in [2.24, 2.45) is 17.6 Å². The van der Waals surface area contributed by atoms with Crippen molar-refractivity contribution in [3.8, 4) is 0 Å². The highest BCUT2D eigenvalue weighted by molar-refractivity contribution is 4.78. The molecule has 2 unspecified atom stereocenters. The maximum absolute atomic E-state index is 12.1. The van der Waals surface area contributed by atoms with Crippen LogP contribution in [0, 0.1) is 11.8 Å². The van der Waals surface area contributed by atoms with E-state index in [0.29, 0.717) is 18.4 Å². The first-order valence-corrected chi connectivity index (χ1v) is 6.37. The fourth-order valence-electron chi connectivity index (χ4n) is 2.64. The number of nitrogens with two attached hydrogens (primary N) is 1. The predicted octanol–water partition coefficient (Wildman–Crippen LogP) is 2.64. The summed E-state index contributed by atoms with van der Waals surface area (Å²) in [6.45, 7) is 1.51. The maximum atomic E-state index is 12.1. The zero-order valence-electron chi connectivity index (χ0n) is 10.5. The lowest BCUT2D eigenvalue weighted by atomic mass is 9.79. The van der Waals surface area contributed by atoms with Gasteiger partial charge in [-0.2, -0.15) is 13.2 Å². The Morgan fingerprint density at radius 3 is 2.29 bits per heavy atom. The lowest BCUT2D eigenvalue weighted by Gasteiger charge is -2.33. The van der Waals surface area contributed by atoms with Gasteiger partial charge in [0.25, 0.3) is 0 Å². The third-order valence-electron chi connectivity index (χ3n) is 3.69. The van der Waals surface area contributed by atoms with Crippen molar-refractivity contribution in [2.45, 2.75) is 38.3 Å². The number of alkyl halides is 3. The van der Waals surface area contributed by atoms with Crippen LogP contribution in [0.5, 0.6) is 0 Å². The lowest BCUT2D eigenvalue weighted by molar-refractivity contribution is -0.137. The third kappa shape index (κ3) is 5.73. The van der Waals surface area contributed by atoms with Crippen LogP contribution in [0.15, 0.2) is 0 Å². The molecular weight excluding hydrogens is 229 g/mol. The molecule has 1 aliphatic rings. The van der Waals surface area contributed by atoms with Gasteiger partial charge in [0.2, 0.25) is 0 Å². The largest absolute Gasteiger partial charge is 0.390 e. The van der Waals surface area contributed by atoms with Crippen molar-refractivity contribution in [1.82, 2.24) is 4.90 Å². The van der Waals surface area contributed by atoms with Crippen molar-refractivity contribution >= 4 is 0 Å². The van der Waals surface area contributed by atoms with Gasteiger partial charge in [-0.15, -0.1) is 0 Å². The van der Waals surface area contributed by atoms with Crippen LogP contribution >= 0.6 is 0 Å². The average Bonchev–Trinajstić information content (AvgIpc) is 2.26. The lowest BCUT2D eigenvalue weighted by Crippen LogP contribution is -2.36. The van der Waals surface area contributed by atoms with Gasteiger partial charge in [0.05, 0.1) is 6.42 Å². The minimum Gasteiger partial charge on any atom is -0.330 e. The van der Waals surface area contributed by atoms with Crippen LogP contribution < -0.4 is 5.73 Å². The number of hydrogen-bond acceptors (Lipinski definition) is 2. The highest BCUT2D eigenvalue weighted by Gasteiger charge is 2.29. The Kier molecular flexibility index (Phi) is 5.73. The van der Waals surface area contributed by atoms with E-state index in [2.05, 4.69) is 0 Å². The molecule has 1 rings (SSSR count). The van der Waals surface area contributed by atoms with E-state index in [9.17, 15) is 13.2 Å². The Morgan fingerprint density at radius 2 is 1.76 bits per heavy atom. The van der Waals surface area contributed by atoms with E-state index in [-0.39, 0.29) is 6.54 Å². The van der Waals surface area contributed by atoms with Crippen LogP contribution in [0.3, 0.4) is 0 Å². The van der Waals surface area contributed by atoms with Gasteiger partial charge in [0.15, 0.2) is 0 Å². The summed E-state index contributed by atoms with van der Waals surface area (Å²) >= 11 is 0. The molecule has 5 heteroatoms. The fourth-order valence-corrected chi connectivity index (χ4v) is 2.64. The second kappa shape index (κ2) is 6.59. The number of rotatable bonds is 5. The van der Waals surface area contributed by atoms with E-state index in [0.717, 1.165) is 19.4 Å². The maximum Gasteiger partial charge on any atom is 0.390 e. The van der Waals surface area contributed by atoms with Crippen molar-refractivity contribution in [3.05, 3.63) is 0 Å². The van der Waals surface area contributed by atoms with E-state index in [1.54, 1.807) is 11.9 Å². The van der Waals surface area contributed by atoms with Crippen LogP contribution in [0.2, 0.25) is 0 Å². The minimum absolute atomic E-state index is 0.0945. The molecular formula is C12H23F3N2. The van der Waals surface area contributed by atoms with Gasteiger partial charge in [-0.3, -0.25) is 0 Å². The van der Waals surface area contributed by atoms with Crippen LogP contribution in [0.1, 0.15) is 32.1 Å². The van der Waals surface area contributed by atoms with E-state index >= 15 is 0 Å². The van der Waals surface area contributed by atoms with Crippen LogP contribution in [-0.4, -0.2) is 37.8 Å². The van der Waals surface area contributed by atoms with Crippen LogP contribution in [0.4, 0.5) is 13.2 Å². The van der Waals surface area contributed by atoms with Gasteiger partial charge in [0.1, 0.15) is 0 Å². The van der Waals surface area contributed by atoms with Crippen LogP contribution in [-0.2, 0) is 0 Å². The molecule has 0 aromatic heterocycles. The summed E-state index contributed by atoms with van der Waals surface area (Å²) in [6, 6.07) is 0. The van der Waals surface area contributed by atoms with E-state index < -0.39 is 12.6 Å². The SMILES string of the molecule is CN(CCC(F)(F)F)CC1CCCCC1CN. The molecule has 102 valence electrons. The molecule has 1 saturated carbocycles. The molecule has 0 spiro atoms. The van der Waals surface area contributed by atoms with Gasteiger partial charge < -0.3 is 10.6 Å². The van der Waals surface area contributed by atoms with Crippen molar-refractivity contribution in [3.63, 3.8) is 0 Å². The predicted molar refractivity (Wildman–Crippen MR) is 62.7 cm³/mol. The summed E-state index contributed by atoms with van der Waals surface area (Å²) < 4.78 is 36.3. The molecule has 0 amide bonds. The first-order valence-electron chi connectivity index (χ1n) is 6.37. The third-order valence-corrected chi connectivity index (χ3v) is 3.69. The second-order valence-electron chi connectivity index (χ2n) is 5.17. The van der Waals surface area contributed by atoms with Gasteiger partial charge in [0, 0.05) is 13.1 Å². The molecule has 0 radical (unpaired) electrons. The molecule has 2 atom stereocenters. The summed E-state index contributed by atoms with van der Waals surface area (Å²) in [6.07, 6.45) is -0.122. The second-order valence-corrected chi connectivity index (χ2v) is 5.17. The Bertz CT molecular complexity index is 218. The van der Waals surface area contributed by atoms with Crippen molar-refractivity contribution in [2.75, 3.05) is 26.7 Å². The van der Waals surface area contributed by atoms with E-state index in [4.69, 9.17) is 5.73 Å². The number of halogens is 3. The molecule has 0 aromatic rings. The first kappa shape index (κ1) is 14.8. The summed E-state index contributed by atoms with van der Waals surface area (Å²) in [5.41, 5.74) is 5.71. The molecule has 0 aromatic carbocycles. The highest BCUT2D eigenvalue weighted by atomic mass is 19.4. The number of nitrogens with zero attached hydrogens (tertiary/aromatic N) is 1. The zero-order chi connectivity index (χ0) is 12.9. The fraction of sp³-hybridized carbons (Fsp3) is 1.00. The van der Waals surface area contributed by atoms with E-state index in [1.165, 1.54) is 12.8 Å². The zero-order valence-corrected chi connectivity index (χ0v) is 10.5. The standard InChI is InChI=1S/C12H23F3N2/c1-17(7-6-12(13,14)15)9-11-5-3-2-4-10(11)8-16/h10-11H,2-9,16H2,1H3. The topological polar surface area (TPSA) is 29.3 Å². The molecule has 0 heterocycles. The molecule has 2 nitrogen and oxygen atoms in total. The quantitative estimate of drug-likeness (QED) is 0.815. The Hall–Kier alpha value is -0.290. The highest BCUT2D eigenvalue weighted by Crippen LogP contribution is 2.30. The first-order chi connectivity index (χ1) is 7.92. The Labute approximate surface area is 101 Å². The monoisotopic (exact) mass is 252 g/mol. The van der Waals surface area contributed by atoms with Gasteiger partial charge in [-0.05, 0) is 38.3 Å². The molecule has 1 fully saturated rings. The molecule has 0 saturated heterocycles. The summed E-state index contributed by atoms with van der Waals surface area (Å²) in [5, 5.41) is 0. The summed E-state index contributed by atoms with van der Waals surface area (Å²) in [5.74, 6) is 0.976. The Balaban J connectivity index is 2.31. The van der Waals surface area contributed by atoms with Gasteiger partial charge in [-0.25, -0.2) is 0 Å². The average molecular weight is 252 g/mol. The summed E-state index contributed by atoms with van der Waals surface area (Å²) in [4.78, 5) is 1.80. The summed E-state index contributed by atoms with van der Waals surface area (Å²) in [7, 11) is 1.77. The van der Waals surface area contributed by atoms with Crippen molar-refractivity contribution in [1.29, 1.82) is 0 Å². The molecule has 1 aliphatic carbocycles. The molecule has 0 aliphatic heterocycles. The van der Waals surface area contributed by atoms with Crippen molar-refractivity contribution < 1.29 is 13.2 Å². The van der Waals surface area contributed by atoms with Crippen LogP contribution in [0.25, 0.3) is 0 Å². The smallest absolute Gasteiger partial charge is 0.330 e. The Morgan fingerprint density at radius 1 is 1.18 bits per heavy atom. The van der Waals surface area contributed by atoms with E-state index in [1.807, 2.05) is 0 Å². The molecule has 0 bridgehead atoms. The van der Waals surface area contributed by atoms with Gasteiger partial charge in [-0.1, -0.05) is 12.8 Å². The molecule has 17 heavy (non-hydrogen) atoms. The normalized spacial score (nSPS) is 26.5. The van der Waals surface area contributed by atoms with Gasteiger partial charge >= 0.3 is 6.18 Å². The molecule has 2 N–H and O–H groups in total.